The first-order valence-corrected chi connectivity index (χ1v) is 10.3. The van der Waals surface area contributed by atoms with Crippen LogP contribution >= 0.6 is 0 Å². The van der Waals surface area contributed by atoms with Crippen molar-refractivity contribution < 1.29 is 18.0 Å². The number of halogens is 3. The molecule has 0 spiro atoms. The molecule has 160 valence electrons. The highest BCUT2D eigenvalue weighted by atomic mass is 19.4. The largest absolute Gasteiger partial charge is 0.416 e. The van der Waals surface area contributed by atoms with Gasteiger partial charge in [0.05, 0.1) is 17.8 Å². The van der Waals surface area contributed by atoms with Gasteiger partial charge in [-0.3, -0.25) is 9.48 Å². The molecule has 0 radical (unpaired) electrons. The fraction of sp³-hybridized carbons (Fsp3) is 0.304. The zero-order valence-corrected chi connectivity index (χ0v) is 16.9. The average Bonchev–Trinajstić information content (AvgIpc) is 3.22. The van der Waals surface area contributed by atoms with Crippen LogP contribution in [0, 0.1) is 0 Å². The van der Waals surface area contributed by atoms with E-state index in [0.29, 0.717) is 17.9 Å². The standard InChI is InChI=1S/C23H21F3N4O/c1-14-13-29(18-7-5-17(6-8-18)23(24,25)26)22(31)21-19(12-28-30(14)21)15-4-9-20-16(11-15)3-2-10-27-20/h4-9,11-12,14,27H,2-3,10,13H2,1H3/t14-/m0/s1. The second-order valence-corrected chi connectivity index (χ2v) is 8.06. The van der Waals surface area contributed by atoms with Crippen molar-refractivity contribution in [3.8, 4) is 11.1 Å². The Kier molecular flexibility index (Phi) is 4.53. The minimum Gasteiger partial charge on any atom is -0.385 e. The molecule has 3 aromatic rings. The molecule has 0 bridgehead atoms. The van der Waals surface area contributed by atoms with E-state index in [-0.39, 0.29) is 11.9 Å². The molecule has 1 amide bonds. The van der Waals surface area contributed by atoms with Gasteiger partial charge < -0.3 is 10.2 Å². The van der Waals surface area contributed by atoms with E-state index in [2.05, 4.69) is 16.5 Å². The van der Waals surface area contributed by atoms with Gasteiger partial charge in [-0.15, -0.1) is 0 Å². The predicted octanol–water partition coefficient (Wildman–Crippen LogP) is 5.15. The summed E-state index contributed by atoms with van der Waals surface area (Å²) in [6, 6.07) is 10.7. The highest BCUT2D eigenvalue weighted by Crippen LogP contribution is 2.36. The van der Waals surface area contributed by atoms with Gasteiger partial charge in [0.15, 0.2) is 0 Å². The summed E-state index contributed by atoms with van der Waals surface area (Å²) < 4.78 is 40.5. The van der Waals surface area contributed by atoms with Crippen molar-refractivity contribution in [2.45, 2.75) is 32.0 Å². The molecule has 2 aromatic carbocycles. The number of carbonyl (C=O) groups excluding carboxylic acids is 1. The molecule has 31 heavy (non-hydrogen) atoms. The molecule has 8 heteroatoms. The predicted molar refractivity (Wildman–Crippen MR) is 112 cm³/mol. The molecule has 1 N–H and O–H groups in total. The summed E-state index contributed by atoms with van der Waals surface area (Å²) in [4.78, 5) is 15.0. The molecule has 2 aliphatic heterocycles. The second kappa shape index (κ2) is 7.14. The van der Waals surface area contributed by atoms with Crippen molar-refractivity contribution in [1.82, 2.24) is 9.78 Å². The highest BCUT2D eigenvalue weighted by molar-refractivity contribution is 6.09. The fourth-order valence-electron chi connectivity index (χ4n) is 4.37. The van der Waals surface area contributed by atoms with Crippen molar-refractivity contribution in [2.75, 3.05) is 23.3 Å². The van der Waals surface area contributed by atoms with Crippen LogP contribution in [0.4, 0.5) is 24.5 Å². The zero-order valence-electron chi connectivity index (χ0n) is 16.9. The molecule has 2 aliphatic rings. The maximum Gasteiger partial charge on any atom is 0.416 e. The Morgan fingerprint density at radius 1 is 1.13 bits per heavy atom. The molecule has 0 saturated carbocycles. The van der Waals surface area contributed by atoms with Crippen LogP contribution in [0.2, 0.25) is 0 Å². The van der Waals surface area contributed by atoms with Gasteiger partial charge in [-0.2, -0.15) is 18.3 Å². The number of benzene rings is 2. The Balaban J connectivity index is 1.52. The number of alkyl halides is 3. The van der Waals surface area contributed by atoms with Crippen molar-refractivity contribution in [3.63, 3.8) is 0 Å². The smallest absolute Gasteiger partial charge is 0.385 e. The van der Waals surface area contributed by atoms with E-state index in [1.807, 2.05) is 19.1 Å². The third kappa shape index (κ3) is 3.36. The normalized spacial score (nSPS) is 18.4. The molecule has 1 atom stereocenters. The van der Waals surface area contributed by atoms with Crippen molar-refractivity contribution in [2.24, 2.45) is 0 Å². The van der Waals surface area contributed by atoms with E-state index < -0.39 is 11.7 Å². The van der Waals surface area contributed by atoms with Gasteiger partial charge in [-0.25, -0.2) is 0 Å². The van der Waals surface area contributed by atoms with Gasteiger partial charge in [-0.1, -0.05) is 6.07 Å². The first-order valence-electron chi connectivity index (χ1n) is 10.3. The maximum absolute atomic E-state index is 13.4. The topological polar surface area (TPSA) is 50.2 Å². The molecule has 5 nitrogen and oxygen atoms in total. The number of amides is 1. The molecular weight excluding hydrogens is 405 g/mol. The summed E-state index contributed by atoms with van der Waals surface area (Å²) in [5, 5.41) is 7.84. The second-order valence-electron chi connectivity index (χ2n) is 8.06. The van der Waals surface area contributed by atoms with E-state index in [4.69, 9.17) is 0 Å². The van der Waals surface area contributed by atoms with Crippen molar-refractivity contribution in [3.05, 3.63) is 65.5 Å². The number of aromatic nitrogens is 2. The number of fused-ring (bicyclic) bond motifs is 2. The van der Waals surface area contributed by atoms with E-state index in [1.54, 1.807) is 10.9 Å². The number of carbonyl (C=O) groups is 1. The van der Waals surface area contributed by atoms with Crippen LogP contribution in [0.15, 0.2) is 48.7 Å². The van der Waals surface area contributed by atoms with Gasteiger partial charge in [0.25, 0.3) is 5.91 Å². The number of rotatable bonds is 2. The molecule has 0 fully saturated rings. The number of aryl methyl sites for hydroxylation is 1. The lowest BCUT2D eigenvalue weighted by molar-refractivity contribution is -0.137. The van der Waals surface area contributed by atoms with Crippen LogP contribution in [-0.2, 0) is 12.6 Å². The van der Waals surface area contributed by atoms with Gasteiger partial charge in [0.1, 0.15) is 5.69 Å². The van der Waals surface area contributed by atoms with E-state index in [0.717, 1.165) is 48.3 Å². The molecule has 0 aliphatic carbocycles. The summed E-state index contributed by atoms with van der Waals surface area (Å²) in [5.41, 5.74) is 4.14. The average molecular weight is 426 g/mol. The summed E-state index contributed by atoms with van der Waals surface area (Å²) >= 11 is 0. The Hall–Kier alpha value is -3.29. The fourth-order valence-corrected chi connectivity index (χ4v) is 4.37. The van der Waals surface area contributed by atoms with E-state index >= 15 is 0 Å². The van der Waals surface area contributed by atoms with Crippen molar-refractivity contribution in [1.29, 1.82) is 0 Å². The number of anilines is 2. The summed E-state index contributed by atoms with van der Waals surface area (Å²) in [6.45, 7) is 3.24. The van der Waals surface area contributed by atoms with Gasteiger partial charge in [-0.05, 0) is 67.3 Å². The van der Waals surface area contributed by atoms with Crippen molar-refractivity contribution >= 4 is 17.3 Å². The lowest BCUT2D eigenvalue weighted by Crippen LogP contribution is -2.42. The highest BCUT2D eigenvalue weighted by Gasteiger charge is 2.35. The number of nitrogens with one attached hydrogen (secondary N) is 1. The Labute approximate surface area is 177 Å². The lowest BCUT2D eigenvalue weighted by Gasteiger charge is -2.32. The minimum atomic E-state index is -4.41. The molecule has 0 saturated heterocycles. The monoisotopic (exact) mass is 426 g/mol. The van der Waals surface area contributed by atoms with Crippen LogP contribution in [0.5, 0.6) is 0 Å². The minimum absolute atomic E-state index is 0.108. The third-order valence-corrected chi connectivity index (χ3v) is 5.97. The van der Waals surface area contributed by atoms with Crippen LogP contribution in [0.1, 0.15) is 41.0 Å². The first-order chi connectivity index (χ1) is 14.8. The van der Waals surface area contributed by atoms with E-state index in [1.165, 1.54) is 22.6 Å². The summed E-state index contributed by atoms with van der Waals surface area (Å²) in [5.74, 6) is -0.263. The van der Waals surface area contributed by atoms with E-state index in [9.17, 15) is 18.0 Å². The molecule has 0 unspecified atom stereocenters. The van der Waals surface area contributed by atoms with Gasteiger partial charge in [0, 0.05) is 30.0 Å². The molecule has 1 aromatic heterocycles. The summed E-state index contributed by atoms with van der Waals surface area (Å²) in [6.07, 6.45) is -0.676. The van der Waals surface area contributed by atoms with Gasteiger partial charge >= 0.3 is 6.18 Å². The number of hydrogen-bond donors (Lipinski definition) is 1. The van der Waals surface area contributed by atoms with Crippen LogP contribution in [-0.4, -0.2) is 28.8 Å². The lowest BCUT2D eigenvalue weighted by atomic mass is 9.96. The Morgan fingerprint density at radius 2 is 1.90 bits per heavy atom. The Bertz CT molecular complexity index is 1150. The first kappa shape index (κ1) is 19.7. The summed E-state index contributed by atoms with van der Waals surface area (Å²) in [7, 11) is 0. The number of hydrogen-bond acceptors (Lipinski definition) is 3. The molecule has 5 rings (SSSR count). The molecule has 3 heterocycles. The Morgan fingerprint density at radius 3 is 2.65 bits per heavy atom. The third-order valence-electron chi connectivity index (χ3n) is 5.97. The van der Waals surface area contributed by atoms with Crippen LogP contribution < -0.4 is 10.2 Å². The van der Waals surface area contributed by atoms with Crippen LogP contribution in [0.3, 0.4) is 0 Å². The number of nitrogens with zero attached hydrogens (tertiary/aromatic N) is 3. The van der Waals surface area contributed by atoms with Gasteiger partial charge in [0.2, 0.25) is 0 Å². The van der Waals surface area contributed by atoms with Crippen LogP contribution in [0.25, 0.3) is 11.1 Å². The maximum atomic E-state index is 13.4. The SMILES string of the molecule is C[C@H]1CN(c2ccc(C(F)(F)F)cc2)C(=O)c2c(-c3ccc4c(c3)CCCN4)cnn21. The zero-order chi connectivity index (χ0) is 21.8. The quantitative estimate of drug-likeness (QED) is 0.617. The molecular formula is C23H21F3N4O.